The van der Waals surface area contributed by atoms with E-state index in [0.717, 1.165) is 27.8 Å². The zero-order chi connectivity index (χ0) is 12.1. The fourth-order valence-corrected chi connectivity index (χ4v) is 2.14. The molecule has 1 aromatic carbocycles. The summed E-state index contributed by atoms with van der Waals surface area (Å²) in [6.45, 7) is 7.05. The van der Waals surface area contributed by atoms with Crippen LogP contribution < -0.4 is 4.74 Å². The second-order valence-electron chi connectivity index (χ2n) is 4.40. The third-order valence-corrected chi connectivity index (χ3v) is 2.89. The zero-order valence-electron chi connectivity index (χ0n) is 10.1. The molecule has 0 bridgehead atoms. The third kappa shape index (κ3) is 3.80. The van der Waals surface area contributed by atoms with Crippen molar-refractivity contribution >= 4 is 15.9 Å². The van der Waals surface area contributed by atoms with Gasteiger partial charge in [-0.25, -0.2) is 0 Å². The maximum absolute atomic E-state index is 9.28. The normalized spacial score (nSPS) is 10.9. The molecular formula is C13H19BrO2. The van der Waals surface area contributed by atoms with E-state index in [2.05, 4.69) is 29.8 Å². The molecule has 0 saturated heterocycles. The van der Waals surface area contributed by atoms with Crippen molar-refractivity contribution in [1.82, 2.24) is 0 Å². The van der Waals surface area contributed by atoms with Crippen LogP contribution in [0.1, 0.15) is 31.4 Å². The van der Waals surface area contributed by atoms with Crippen LogP contribution in [-0.2, 0) is 6.61 Å². The number of aliphatic hydroxyl groups excluding tert-OH is 1. The minimum absolute atomic E-state index is 0.0112. The van der Waals surface area contributed by atoms with Crippen LogP contribution in [0, 0.1) is 12.8 Å². The number of hydrogen-bond acceptors (Lipinski definition) is 2. The molecule has 0 unspecified atom stereocenters. The number of hydrogen-bond donors (Lipinski definition) is 1. The molecule has 3 heteroatoms. The molecule has 0 aliphatic rings. The molecule has 0 fully saturated rings. The van der Waals surface area contributed by atoms with Crippen molar-refractivity contribution in [2.75, 3.05) is 6.61 Å². The average Bonchev–Trinajstić information content (AvgIpc) is 2.20. The second-order valence-corrected chi connectivity index (χ2v) is 5.32. The summed E-state index contributed by atoms with van der Waals surface area (Å²) >= 11 is 3.41. The average molecular weight is 287 g/mol. The molecular weight excluding hydrogens is 268 g/mol. The molecule has 90 valence electrons. The van der Waals surface area contributed by atoms with Crippen molar-refractivity contribution in [2.45, 2.75) is 33.8 Å². The standard InChI is InChI=1S/C13H19BrO2/c1-9(2)4-5-16-13-10(3)6-12(14)7-11(13)8-15/h6-7,9,15H,4-5,8H2,1-3H3. The van der Waals surface area contributed by atoms with Crippen molar-refractivity contribution in [3.05, 3.63) is 27.7 Å². The van der Waals surface area contributed by atoms with Crippen molar-refractivity contribution in [2.24, 2.45) is 5.92 Å². The van der Waals surface area contributed by atoms with Gasteiger partial charge in [-0.2, -0.15) is 0 Å². The van der Waals surface area contributed by atoms with Crippen molar-refractivity contribution in [3.63, 3.8) is 0 Å². The fourth-order valence-electron chi connectivity index (χ4n) is 1.52. The lowest BCUT2D eigenvalue weighted by Gasteiger charge is -2.14. The Hall–Kier alpha value is -0.540. The van der Waals surface area contributed by atoms with Gasteiger partial charge in [0.15, 0.2) is 0 Å². The number of rotatable bonds is 5. The Bertz CT molecular complexity index is 348. The molecule has 1 N–H and O–H groups in total. The minimum atomic E-state index is 0.0112. The van der Waals surface area contributed by atoms with Crippen LogP contribution in [0.5, 0.6) is 5.75 Å². The van der Waals surface area contributed by atoms with E-state index in [1.54, 1.807) is 0 Å². The topological polar surface area (TPSA) is 29.5 Å². The van der Waals surface area contributed by atoms with Crippen LogP contribution >= 0.6 is 15.9 Å². The Balaban J connectivity index is 2.77. The molecule has 0 saturated carbocycles. The van der Waals surface area contributed by atoms with Crippen LogP contribution in [0.15, 0.2) is 16.6 Å². The number of aryl methyl sites for hydroxylation is 1. The lowest BCUT2D eigenvalue weighted by atomic mass is 10.1. The van der Waals surface area contributed by atoms with Gasteiger partial charge in [-0.05, 0) is 37.0 Å². The van der Waals surface area contributed by atoms with E-state index in [-0.39, 0.29) is 6.61 Å². The molecule has 0 aliphatic carbocycles. The van der Waals surface area contributed by atoms with Gasteiger partial charge >= 0.3 is 0 Å². The summed E-state index contributed by atoms with van der Waals surface area (Å²) < 4.78 is 6.72. The first-order valence-electron chi connectivity index (χ1n) is 5.57. The Morgan fingerprint density at radius 2 is 2.06 bits per heavy atom. The highest BCUT2D eigenvalue weighted by atomic mass is 79.9. The quantitative estimate of drug-likeness (QED) is 0.895. The first-order valence-corrected chi connectivity index (χ1v) is 6.36. The predicted octanol–water partition coefficient (Wildman–Crippen LogP) is 3.67. The summed E-state index contributed by atoms with van der Waals surface area (Å²) in [6.07, 6.45) is 1.03. The van der Waals surface area contributed by atoms with Gasteiger partial charge in [0.2, 0.25) is 0 Å². The fraction of sp³-hybridized carbons (Fsp3) is 0.538. The van der Waals surface area contributed by atoms with Crippen LogP contribution in [0.3, 0.4) is 0 Å². The summed E-state index contributed by atoms with van der Waals surface area (Å²) in [4.78, 5) is 0. The Labute approximate surface area is 106 Å². The third-order valence-electron chi connectivity index (χ3n) is 2.43. The van der Waals surface area contributed by atoms with Crippen LogP contribution in [0.4, 0.5) is 0 Å². The molecule has 0 atom stereocenters. The van der Waals surface area contributed by atoms with Crippen molar-refractivity contribution in [1.29, 1.82) is 0 Å². The van der Waals surface area contributed by atoms with Gasteiger partial charge in [-0.3, -0.25) is 0 Å². The lowest BCUT2D eigenvalue weighted by molar-refractivity contribution is 0.254. The van der Waals surface area contributed by atoms with Gasteiger partial charge in [0, 0.05) is 10.0 Å². The lowest BCUT2D eigenvalue weighted by Crippen LogP contribution is -2.05. The molecule has 0 spiro atoms. The van der Waals surface area contributed by atoms with Gasteiger partial charge in [-0.15, -0.1) is 0 Å². The maximum atomic E-state index is 9.28. The Morgan fingerprint density at radius 3 is 2.62 bits per heavy atom. The first-order chi connectivity index (χ1) is 7.54. The maximum Gasteiger partial charge on any atom is 0.127 e. The number of aliphatic hydroxyl groups is 1. The van der Waals surface area contributed by atoms with E-state index in [0.29, 0.717) is 12.5 Å². The van der Waals surface area contributed by atoms with Gasteiger partial charge < -0.3 is 9.84 Å². The molecule has 0 amide bonds. The summed E-state index contributed by atoms with van der Waals surface area (Å²) in [5, 5.41) is 9.28. The first kappa shape index (κ1) is 13.5. The highest BCUT2D eigenvalue weighted by Gasteiger charge is 2.08. The van der Waals surface area contributed by atoms with Gasteiger partial charge in [0.25, 0.3) is 0 Å². The van der Waals surface area contributed by atoms with E-state index in [4.69, 9.17) is 4.74 Å². The summed E-state index contributed by atoms with van der Waals surface area (Å²) in [5.74, 6) is 1.46. The van der Waals surface area contributed by atoms with E-state index < -0.39 is 0 Å². The molecule has 2 nitrogen and oxygen atoms in total. The van der Waals surface area contributed by atoms with Gasteiger partial charge in [-0.1, -0.05) is 29.8 Å². The monoisotopic (exact) mass is 286 g/mol. The number of ether oxygens (including phenoxy) is 1. The zero-order valence-corrected chi connectivity index (χ0v) is 11.7. The van der Waals surface area contributed by atoms with Crippen LogP contribution in [0.25, 0.3) is 0 Å². The summed E-state index contributed by atoms with van der Waals surface area (Å²) in [6, 6.07) is 3.90. The second kappa shape index (κ2) is 6.26. The van der Waals surface area contributed by atoms with Crippen LogP contribution in [0.2, 0.25) is 0 Å². The Morgan fingerprint density at radius 1 is 1.38 bits per heavy atom. The predicted molar refractivity (Wildman–Crippen MR) is 69.8 cm³/mol. The number of halogens is 1. The van der Waals surface area contributed by atoms with Gasteiger partial charge in [0.1, 0.15) is 5.75 Å². The van der Waals surface area contributed by atoms with Gasteiger partial charge in [0.05, 0.1) is 13.2 Å². The molecule has 0 aliphatic heterocycles. The smallest absolute Gasteiger partial charge is 0.127 e. The SMILES string of the molecule is Cc1cc(Br)cc(CO)c1OCCC(C)C. The number of benzene rings is 1. The molecule has 1 rings (SSSR count). The summed E-state index contributed by atoms with van der Waals surface area (Å²) in [7, 11) is 0. The van der Waals surface area contributed by atoms with Crippen LogP contribution in [-0.4, -0.2) is 11.7 Å². The highest BCUT2D eigenvalue weighted by molar-refractivity contribution is 9.10. The van der Waals surface area contributed by atoms with Crippen molar-refractivity contribution in [3.8, 4) is 5.75 Å². The minimum Gasteiger partial charge on any atom is -0.493 e. The van der Waals surface area contributed by atoms with E-state index in [1.165, 1.54) is 0 Å². The summed E-state index contributed by atoms with van der Waals surface area (Å²) in [5.41, 5.74) is 1.90. The highest BCUT2D eigenvalue weighted by Crippen LogP contribution is 2.28. The largest absolute Gasteiger partial charge is 0.493 e. The Kier molecular flexibility index (Phi) is 5.29. The van der Waals surface area contributed by atoms with Crippen molar-refractivity contribution < 1.29 is 9.84 Å². The van der Waals surface area contributed by atoms with E-state index in [1.807, 2.05) is 19.1 Å². The molecule has 0 heterocycles. The van der Waals surface area contributed by atoms with E-state index >= 15 is 0 Å². The molecule has 0 radical (unpaired) electrons. The molecule has 0 aromatic heterocycles. The molecule has 1 aromatic rings. The molecule has 16 heavy (non-hydrogen) atoms. The van der Waals surface area contributed by atoms with E-state index in [9.17, 15) is 5.11 Å².